The summed E-state index contributed by atoms with van der Waals surface area (Å²) < 4.78 is 9.58. The summed E-state index contributed by atoms with van der Waals surface area (Å²) in [5.41, 5.74) is 10.1. The van der Waals surface area contributed by atoms with Crippen LogP contribution in [0.5, 0.6) is 0 Å². The van der Waals surface area contributed by atoms with E-state index in [4.69, 9.17) is 20.9 Å². The Labute approximate surface area is 134 Å². The van der Waals surface area contributed by atoms with E-state index in [2.05, 4.69) is 38.3 Å². The summed E-state index contributed by atoms with van der Waals surface area (Å²) in [5.74, 6) is 0. The van der Waals surface area contributed by atoms with Crippen molar-refractivity contribution in [1.82, 2.24) is 0 Å². The fourth-order valence-corrected chi connectivity index (χ4v) is 0.801. The van der Waals surface area contributed by atoms with Crippen molar-refractivity contribution < 1.29 is 12.3 Å². The second-order valence-electron chi connectivity index (χ2n) is 3.04. The van der Waals surface area contributed by atoms with Gasteiger partial charge in [-0.25, -0.2) is 0 Å². The van der Waals surface area contributed by atoms with Crippen LogP contribution in [0.25, 0.3) is 0 Å². The van der Waals surface area contributed by atoms with E-state index in [1.165, 1.54) is 0 Å². The molecule has 0 rings (SSSR count). The Bertz CT molecular complexity index is 184. The maximum atomic E-state index is 5.04. The Morgan fingerprint density at radius 2 is 1.24 bits per heavy atom. The molecule has 0 saturated carbocycles. The molecule has 0 aliphatic carbocycles. The zero-order valence-electron chi connectivity index (χ0n) is 12.7. The fourth-order valence-electron chi connectivity index (χ4n) is 0.634. The Kier molecular flexibility index (Phi) is 24.3. The molecule has 0 heterocycles. The number of unbranched alkanes of at least 4 members (excludes halogenated alkanes) is 2. The van der Waals surface area contributed by atoms with Gasteiger partial charge in [0.2, 0.25) is 0 Å². The second-order valence-corrected chi connectivity index (χ2v) is 3.85. The van der Waals surface area contributed by atoms with Crippen LogP contribution in [0.2, 0.25) is 0 Å². The number of ether oxygens (including phenoxy) is 2. The molecule has 17 heavy (non-hydrogen) atoms. The Morgan fingerprint density at radius 3 is 1.41 bits per heavy atom. The van der Waals surface area contributed by atoms with Crippen LogP contribution < -0.4 is 11.5 Å². The Balaban J connectivity index is -0.0000000594. The molecule has 0 fully saturated rings. The van der Waals surface area contributed by atoms with E-state index in [0.717, 1.165) is 25.7 Å². The standard InChI is InChI=1S/2C5H11NOS.Mg.2H/c2*1-2-3-4-7-5(6)8;;;/h2*2-4H2,1H3,(H2,6,8);;;/q;;+2;2*-1. The summed E-state index contributed by atoms with van der Waals surface area (Å²) in [5, 5.41) is 0.303. The van der Waals surface area contributed by atoms with Gasteiger partial charge in [-0.2, -0.15) is 0 Å². The molecular weight excluding hydrogens is 269 g/mol. The molecule has 0 saturated heterocycles. The summed E-state index contributed by atoms with van der Waals surface area (Å²) in [7, 11) is 0. The van der Waals surface area contributed by atoms with Crippen LogP contribution in [0.1, 0.15) is 42.4 Å². The molecule has 0 aromatic carbocycles. The van der Waals surface area contributed by atoms with E-state index in [-0.39, 0.29) is 36.3 Å². The van der Waals surface area contributed by atoms with Crippen molar-refractivity contribution in [3.8, 4) is 0 Å². The molecule has 0 amide bonds. The van der Waals surface area contributed by atoms with Crippen LogP contribution in [-0.4, -0.2) is 46.6 Å². The summed E-state index contributed by atoms with van der Waals surface area (Å²) in [4.78, 5) is 0. The SMILES string of the molecule is CCCCOC(N)=S.CCCCOC(N)=S.[H-].[H-].[Mg+2]. The molecule has 0 aliphatic rings. The number of hydrogen-bond donors (Lipinski definition) is 2. The predicted molar refractivity (Wildman–Crippen MR) is 83.3 cm³/mol. The van der Waals surface area contributed by atoms with Gasteiger partial charge in [0.1, 0.15) is 0 Å². The molecule has 100 valence electrons. The monoisotopic (exact) mass is 292 g/mol. The molecule has 7 heteroatoms. The van der Waals surface area contributed by atoms with Crippen LogP contribution in [-0.2, 0) is 9.47 Å². The van der Waals surface area contributed by atoms with Crippen LogP contribution in [0.4, 0.5) is 0 Å². The van der Waals surface area contributed by atoms with E-state index in [1.807, 2.05) is 0 Å². The van der Waals surface area contributed by atoms with Gasteiger partial charge in [-0.3, -0.25) is 0 Å². The minimum Gasteiger partial charge on any atom is -1.00 e. The smallest absolute Gasteiger partial charge is 1.00 e. The quantitative estimate of drug-likeness (QED) is 0.443. The molecule has 4 nitrogen and oxygen atoms in total. The van der Waals surface area contributed by atoms with E-state index >= 15 is 0 Å². The minimum absolute atomic E-state index is 0. The van der Waals surface area contributed by atoms with Crippen molar-refractivity contribution in [2.45, 2.75) is 39.5 Å². The van der Waals surface area contributed by atoms with Gasteiger partial charge >= 0.3 is 23.1 Å². The normalized spacial score (nSPS) is 8.12. The van der Waals surface area contributed by atoms with E-state index in [1.54, 1.807) is 0 Å². The van der Waals surface area contributed by atoms with Crippen LogP contribution in [0.3, 0.4) is 0 Å². The average molecular weight is 293 g/mol. The van der Waals surface area contributed by atoms with Gasteiger partial charge in [-0.1, -0.05) is 26.7 Å². The summed E-state index contributed by atoms with van der Waals surface area (Å²) in [6.45, 7) is 5.49. The van der Waals surface area contributed by atoms with E-state index < -0.39 is 0 Å². The number of rotatable bonds is 6. The van der Waals surface area contributed by atoms with Crippen LogP contribution in [0.15, 0.2) is 0 Å². The van der Waals surface area contributed by atoms with Crippen molar-refractivity contribution in [2.24, 2.45) is 11.5 Å². The molecule has 0 aliphatic heterocycles. The van der Waals surface area contributed by atoms with Crippen LogP contribution in [0, 0.1) is 0 Å². The first kappa shape index (κ1) is 22.3. The van der Waals surface area contributed by atoms with Gasteiger partial charge in [0, 0.05) is 0 Å². The number of thiocarbonyl (C=S) groups is 2. The van der Waals surface area contributed by atoms with Crippen molar-refractivity contribution in [3.63, 3.8) is 0 Å². The molecule has 0 bridgehead atoms. The van der Waals surface area contributed by atoms with Gasteiger partial charge in [0.15, 0.2) is 0 Å². The molecule has 0 atom stereocenters. The van der Waals surface area contributed by atoms with E-state index in [0.29, 0.717) is 13.2 Å². The maximum Gasteiger partial charge on any atom is 2.00 e. The Hall–Kier alpha value is 0.146. The molecule has 0 aromatic heterocycles. The largest absolute Gasteiger partial charge is 2.00 e. The Morgan fingerprint density at radius 1 is 0.941 bits per heavy atom. The average Bonchev–Trinajstić information content (AvgIpc) is 2.18. The minimum atomic E-state index is 0. The first-order chi connectivity index (χ1) is 7.54. The van der Waals surface area contributed by atoms with Crippen molar-refractivity contribution in [1.29, 1.82) is 0 Å². The maximum absolute atomic E-state index is 5.04. The van der Waals surface area contributed by atoms with Gasteiger partial charge in [0.05, 0.1) is 13.2 Å². The van der Waals surface area contributed by atoms with Gasteiger partial charge < -0.3 is 23.8 Å². The number of nitrogens with two attached hydrogens (primary N) is 2. The van der Waals surface area contributed by atoms with Gasteiger partial charge in [-0.05, 0) is 37.3 Å². The summed E-state index contributed by atoms with van der Waals surface area (Å²) in [6.07, 6.45) is 4.28. The van der Waals surface area contributed by atoms with E-state index in [9.17, 15) is 0 Å². The topological polar surface area (TPSA) is 70.5 Å². The molecule has 0 aromatic rings. The summed E-state index contributed by atoms with van der Waals surface area (Å²) in [6, 6.07) is 0. The zero-order valence-corrected chi connectivity index (χ0v) is 13.8. The predicted octanol–water partition coefficient (Wildman–Crippen LogP) is 1.94. The van der Waals surface area contributed by atoms with Crippen LogP contribution >= 0.6 is 24.4 Å². The summed E-state index contributed by atoms with van der Waals surface area (Å²) >= 11 is 8.93. The third-order valence-corrected chi connectivity index (χ3v) is 1.72. The van der Waals surface area contributed by atoms with Crippen molar-refractivity contribution in [3.05, 3.63) is 0 Å². The molecular formula is C10H24MgN2O2S2. The van der Waals surface area contributed by atoms with Gasteiger partial charge in [-0.15, -0.1) is 0 Å². The molecule has 0 spiro atoms. The molecule has 0 radical (unpaired) electrons. The van der Waals surface area contributed by atoms with Crippen molar-refractivity contribution >= 4 is 57.8 Å². The number of hydrogen-bond acceptors (Lipinski definition) is 4. The van der Waals surface area contributed by atoms with Gasteiger partial charge in [0.25, 0.3) is 10.3 Å². The third kappa shape index (κ3) is 31.4. The first-order valence-corrected chi connectivity index (χ1v) is 6.20. The molecule has 0 unspecified atom stereocenters. The first-order valence-electron chi connectivity index (χ1n) is 5.39. The van der Waals surface area contributed by atoms with Crippen molar-refractivity contribution in [2.75, 3.05) is 13.2 Å². The second kappa shape index (κ2) is 18.5. The fraction of sp³-hybridized carbons (Fsp3) is 0.800. The molecule has 4 N–H and O–H groups in total. The third-order valence-electron chi connectivity index (χ3n) is 1.48. The zero-order chi connectivity index (χ0) is 12.8.